The van der Waals surface area contributed by atoms with Crippen molar-refractivity contribution in [2.75, 3.05) is 6.61 Å². The van der Waals surface area contributed by atoms with Crippen LogP contribution in [-0.2, 0) is 9.47 Å². The summed E-state index contributed by atoms with van der Waals surface area (Å²) in [7, 11) is 0. The average Bonchev–Trinajstić information content (AvgIpc) is 2.88. The third-order valence-corrected chi connectivity index (χ3v) is 4.63. The topological polar surface area (TPSA) is 18.5 Å². The predicted molar refractivity (Wildman–Crippen MR) is 66.2 cm³/mol. The summed E-state index contributed by atoms with van der Waals surface area (Å²) in [4.78, 5) is 0. The molecule has 0 aromatic carbocycles. The second kappa shape index (κ2) is 5.00. The van der Waals surface area contributed by atoms with Crippen molar-refractivity contribution in [2.45, 2.75) is 57.8 Å². The minimum Gasteiger partial charge on any atom is -0.353 e. The average molecular weight is 234 g/mol. The van der Waals surface area contributed by atoms with E-state index in [0.29, 0.717) is 17.9 Å². The van der Waals surface area contributed by atoms with Crippen LogP contribution in [0.25, 0.3) is 0 Å². The molecule has 3 rings (SSSR count). The van der Waals surface area contributed by atoms with Gasteiger partial charge >= 0.3 is 0 Å². The Morgan fingerprint density at radius 1 is 1.18 bits per heavy atom. The Morgan fingerprint density at radius 3 is 2.88 bits per heavy atom. The first-order valence-electron chi connectivity index (χ1n) is 7.08. The molecule has 94 valence electrons. The van der Waals surface area contributed by atoms with Crippen molar-refractivity contribution in [3.8, 4) is 11.8 Å². The molecule has 3 fully saturated rings. The molecule has 17 heavy (non-hydrogen) atoms. The minimum absolute atomic E-state index is 0.0725. The van der Waals surface area contributed by atoms with Crippen LogP contribution in [0.1, 0.15) is 45.4 Å². The number of fused-ring (bicyclic) bond motifs is 2. The summed E-state index contributed by atoms with van der Waals surface area (Å²) in [6.07, 6.45) is 7.90. The van der Waals surface area contributed by atoms with Crippen molar-refractivity contribution < 1.29 is 9.47 Å². The maximum Gasteiger partial charge on any atom is 0.157 e. The Balaban J connectivity index is 1.60. The van der Waals surface area contributed by atoms with Crippen LogP contribution in [0.3, 0.4) is 0 Å². The number of rotatable bonds is 2. The number of ether oxygens (including phenoxy) is 2. The molecule has 0 aromatic rings. The molecule has 2 saturated carbocycles. The highest BCUT2D eigenvalue weighted by Gasteiger charge is 2.48. The quantitative estimate of drug-likeness (QED) is 0.684. The second-order valence-corrected chi connectivity index (χ2v) is 5.63. The summed E-state index contributed by atoms with van der Waals surface area (Å²) >= 11 is 0. The van der Waals surface area contributed by atoms with Gasteiger partial charge in [-0.1, -0.05) is 5.92 Å². The Labute approximate surface area is 104 Å². The van der Waals surface area contributed by atoms with Gasteiger partial charge in [-0.2, -0.15) is 0 Å². The van der Waals surface area contributed by atoms with Gasteiger partial charge < -0.3 is 9.47 Å². The van der Waals surface area contributed by atoms with Crippen LogP contribution in [0.4, 0.5) is 0 Å². The van der Waals surface area contributed by atoms with Crippen LogP contribution in [0.15, 0.2) is 0 Å². The van der Waals surface area contributed by atoms with Gasteiger partial charge in [0, 0.05) is 12.5 Å². The fraction of sp³-hybridized carbons (Fsp3) is 0.867. The molecule has 1 aliphatic heterocycles. The molecular weight excluding hydrogens is 212 g/mol. The van der Waals surface area contributed by atoms with Crippen molar-refractivity contribution in [3.05, 3.63) is 0 Å². The van der Waals surface area contributed by atoms with E-state index in [9.17, 15) is 0 Å². The third-order valence-electron chi connectivity index (χ3n) is 4.63. The van der Waals surface area contributed by atoms with Crippen LogP contribution in [0.5, 0.6) is 0 Å². The van der Waals surface area contributed by atoms with E-state index in [1.807, 2.05) is 6.92 Å². The Hall–Kier alpha value is -0.520. The monoisotopic (exact) mass is 234 g/mol. The molecule has 0 radical (unpaired) electrons. The lowest BCUT2D eigenvalue weighted by molar-refractivity contribution is -0.197. The first-order chi connectivity index (χ1) is 8.38. The predicted octanol–water partition coefficient (Wildman–Crippen LogP) is 2.97. The lowest BCUT2D eigenvalue weighted by Gasteiger charge is -2.30. The SMILES string of the molecule is CC#C[C@@H]1[C@H]2CC[C@@H]1[C@@H](OC1CCCCO1)C2. The molecule has 0 aromatic heterocycles. The molecule has 2 bridgehead atoms. The van der Waals surface area contributed by atoms with E-state index >= 15 is 0 Å². The fourth-order valence-corrected chi connectivity index (χ4v) is 3.83. The van der Waals surface area contributed by atoms with Crippen molar-refractivity contribution in [1.82, 2.24) is 0 Å². The lowest BCUT2D eigenvalue weighted by atomic mass is 9.97. The third kappa shape index (κ3) is 2.23. The normalized spacial score (nSPS) is 44.4. The molecule has 2 aliphatic carbocycles. The fourth-order valence-electron chi connectivity index (χ4n) is 3.83. The van der Waals surface area contributed by atoms with Gasteiger partial charge in [0.1, 0.15) is 0 Å². The van der Waals surface area contributed by atoms with Crippen LogP contribution in [-0.4, -0.2) is 19.0 Å². The lowest BCUT2D eigenvalue weighted by Crippen LogP contribution is -2.31. The highest BCUT2D eigenvalue weighted by Crippen LogP contribution is 2.50. The molecular formula is C15H22O2. The number of hydrogen-bond donors (Lipinski definition) is 0. The van der Waals surface area contributed by atoms with Gasteiger partial charge in [0.2, 0.25) is 0 Å². The summed E-state index contributed by atoms with van der Waals surface area (Å²) in [5.41, 5.74) is 0. The first kappa shape index (κ1) is 11.6. The smallest absolute Gasteiger partial charge is 0.157 e. The molecule has 3 aliphatic rings. The zero-order valence-electron chi connectivity index (χ0n) is 10.7. The summed E-state index contributed by atoms with van der Waals surface area (Å²) in [5.74, 6) is 8.58. The Kier molecular flexibility index (Phi) is 3.40. The molecule has 5 atom stereocenters. The van der Waals surface area contributed by atoms with Crippen LogP contribution >= 0.6 is 0 Å². The van der Waals surface area contributed by atoms with Gasteiger partial charge in [-0.15, -0.1) is 5.92 Å². The highest BCUT2D eigenvalue weighted by molar-refractivity contribution is 5.13. The van der Waals surface area contributed by atoms with E-state index in [-0.39, 0.29) is 6.29 Å². The van der Waals surface area contributed by atoms with E-state index in [4.69, 9.17) is 9.47 Å². The molecule has 2 heteroatoms. The minimum atomic E-state index is 0.0725. The van der Waals surface area contributed by atoms with E-state index < -0.39 is 0 Å². The summed E-state index contributed by atoms with van der Waals surface area (Å²) in [5, 5.41) is 0. The Bertz CT molecular complexity index is 322. The van der Waals surface area contributed by atoms with Crippen molar-refractivity contribution in [2.24, 2.45) is 17.8 Å². The number of hydrogen-bond acceptors (Lipinski definition) is 2. The van der Waals surface area contributed by atoms with Crippen LogP contribution in [0.2, 0.25) is 0 Å². The first-order valence-corrected chi connectivity index (χ1v) is 7.08. The molecule has 0 spiro atoms. The summed E-state index contributed by atoms with van der Waals surface area (Å²) in [6.45, 7) is 2.83. The molecule has 0 amide bonds. The van der Waals surface area contributed by atoms with Gasteiger partial charge in [0.05, 0.1) is 6.10 Å². The van der Waals surface area contributed by atoms with Crippen LogP contribution in [0, 0.1) is 29.6 Å². The van der Waals surface area contributed by atoms with E-state index in [1.165, 1.54) is 32.1 Å². The second-order valence-electron chi connectivity index (χ2n) is 5.63. The maximum absolute atomic E-state index is 6.17. The van der Waals surface area contributed by atoms with Crippen molar-refractivity contribution >= 4 is 0 Å². The zero-order chi connectivity index (χ0) is 11.7. The molecule has 1 unspecified atom stereocenters. The van der Waals surface area contributed by atoms with Crippen molar-refractivity contribution in [3.63, 3.8) is 0 Å². The van der Waals surface area contributed by atoms with Crippen molar-refractivity contribution in [1.29, 1.82) is 0 Å². The highest BCUT2D eigenvalue weighted by atomic mass is 16.7. The summed E-state index contributed by atoms with van der Waals surface area (Å²) < 4.78 is 11.9. The molecule has 0 N–H and O–H groups in total. The summed E-state index contributed by atoms with van der Waals surface area (Å²) in [6, 6.07) is 0. The van der Waals surface area contributed by atoms with Gasteiger partial charge in [-0.05, 0) is 57.3 Å². The molecule has 1 heterocycles. The standard InChI is InChI=1S/C15H22O2/c1-2-5-12-11-7-8-13(12)14(10-11)17-15-6-3-4-9-16-15/h11-15H,3-4,6-10H2,1H3/t11-,12+,13-,14-,15?/m0/s1. The largest absolute Gasteiger partial charge is 0.353 e. The zero-order valence-corrected chi connectivity index (χ0v) is 10.7. The van der Waals surface area contributed by atoms with Gasteiger partial charge in [-0.25, -0.2) is 0 Å². The van der Waals surface area contributed by atoms with Crippen LogP contribution < -0.4 is 0 Å². The van der Waals surface area contributed by atoms with E-state index in [0.717, 1.165) is 18.9 Å². The van der Waals surface area contributed by atoms with E-state index in [1.54, 1.807) is 0 Å². The van der Waals surface area contributed by atoms with E-state index in [2.05, 4.69) is 11.8 Å². The van der Waals surface area contributed by atoms with Gasteiger partial charge in [0.15, 0.2) is 6.29 Å². The Morgan fingerprint density at radius 2 is 2.12 bits per heavy atom. The van der Waals surface area contributed by atoms with Gasteiger partial charge in [-0.3, -0.25) is 0 Å². The maximum atomic E-state index is 6.17. The van der Waals surface area contributed by atoms with Gasteiger partial charge in [0.25, 0.3) is 0 Å². The molecule has 1 saturated heterocycles. The molecule has 2 nitrogen and oxygen atoms in total.